The molecular formula is C42H51F6N6O6+. The van der Waals surface area contributed by atoms with Gasteiger partial charge in [0.15, 0.2) is 0 Å². The number of ether oxygens (including phenoxy) is 2. The van der Waals surface area contributed by atoms with Gasteiger partial charge in [0.2, 0.25) is 5.91 Å². The summed E-state index contributed by atoms with van der Waals surface area (Å²) in [6, 6.07) is 13.6. The molecule has 0 fully saturated rings. The summed E-state index contributed by atoms with van der Waals surface area (Å²) in [5.74, 6) is -5.38. The van der Waals surface area contributed by atoms with E-state index in [-0.39, 0.29) is 42.7 Å². The van der Waals surface area contributed by atoms with Crippen LogP contribution in [0, 0.1) is 17.8 Å². The van der Waals surface area contributed by atoms with Crippen LogP contribution >= 0.6 is 0 Å². The minimum Gasteiger partial charge on any atom is -0.469 e. The number of benzene rings is 2. The van der Waals surface area contributed by atoms with Gasteiger partial charge in [0.1, 0.15) is 17.7 Å². The molecule has 12 nitrogen and oxygen atoms in total. The van der Waals surface area contributed by atoms with E-state index >= 15 is 0 Å². The van der Waals surface area contributed by atoms with Gasteiger partial charge in [-0.3, -0.25) is 15.3 Å². The van der Waals surface area contributed by atoms with E-state index in [4.69, 9.17) is 9.47 Å². The Bertz CT molecular complexity index is 2040. The Kier molecular flexibility index (Phi) is 16.2. The van der Waals surface area contributed by atoms with E-state index in [0.29, 0.717) is 22.5 Å². The lowest BCUT2D eigenvalue weighted by molar-refractivity contribution is -0.313. The number of amides is 2. The Morgan fingerprint density at radius 2 is 1.20 bits per heavy atom. The summed E-state index contributed by atoms with van der Waals surface area (Å²) in [4.78, 5) is 64.5. The summed E-state index contributed by atoms with van der Waals surface area (Å²) in [6.07, 6.45) is -9.28. The zero-order valence-corrected chi connectivity index (χ0v) is 34.0. The second-order valence-electron chi connectivity index (χ2n) is 15.3. The quantitative estimate of drug-likeness (QED) is 0.0516. The van der Waals surface area contributed by atoms with Crippen LogP contribution in [-0.2, 0) is 28.7 Å². The lowest BCUT2D eigenvalue weighted by Crippen LogP contribution is -2.61. The smallest absolute Gasteiger partial charge is 0.389 e. The average Bonchev–Trinajstić information content (AvgIpc) is 3.88. The zero-order chi connectivity index (χ0) is 44.4. The number of alkyl halides is 6. The fourth-order valence-corrected chi connectivity index (χ4v) is 7.05. The Morgan fingerprint density at radius 1 is 0.717 bits per heavy atom. The first-order chi connectivity index (χ1) is 28.2. The number of carbonyl (C=O) groups excluding carboxylic acids is 4. The van der Waals surface area contributed by atoms with Crippen molar-refractivity contribution in [2.45, 2.75) is 95.9 Å². The van der Waals surface area contributed by atoms with Crippen molar-refractivity contribution in [3.63, 3.8) is 0 Å². The Hall–Kier alpha value is -5.52. The number of rotatable bonds is 20. The average molecular weight is 850 g/mol. The molecule has 326 valence electrons. The van der Waals surface area contributed by atoms with Crippen molar-refractivity contribution < 1.29 is 60.7 Å². The molecule has 0 spiro atoms. The van der Waals surface area contributed by atoms with Crippen molar-refractivity contribution in [3.05, 3.63) is 72.6 Å². The summed E-state index contributed by atoms with van der Waals surface area (Å²) in [6.45, 7) is 5.13. The lowest BCUT2D eigenvalue weighted by Gasteiger charge is -2.24. The number of nitrogens with zero attached hydrogens (tertiary/aromatic N) is 2. The van der Waals surface area contributed by atoms with E-state index in [1.54, 1.807) is 45.0 Å². The van der Waals surface area contributed by atoms with Crippen LogP contribution in [0.15, 0.2) is 60.9 Å². The maximum atomic E-state index is 13.4. The molecule has 0 aliphatic heterocycles. The SMILES string of the molecule is COC(=O)CC(C)CC(C([NH3+])=O)[C@@H](CCC(F)(F)F)c1ncc(-c2ccc(-c3ccc(-c4cnc([C@H](CCC(F)(F)F)CC(=O)N[C@H](C(=O)OC)C(C)C)[nH]4)cc3)cc2)[nH]1. The van der Waals surface area contributed by atoms with Crippen molar-refractivity contribution in [2.75, 3.05) is 14.2 Å². The standard InChI is InChI=1S/C42H50F6N6O6/c1-23(2)36(40(58)60-5)54-34(55)20-29(14-16-41(43,44)45)38-50-21-32(52-38)27-10-6-25(7-11-27)26-8-12-28(13-9-26)33-22-51-39(53-33)30(15-17-42(46,47)48)31(37(49)57)18-24(3)19-35(56)59-4/h6-13,21-24,29-31,36H,14-20H2,1-5H3,(H2,49,57)(H,50,52)(H,51,53)(H,54,55)/p+1/t24?,29-,30-,31?,36+/m1/s1. The summed E-state index contributed by atoms with van der Waals surface area (Å²) in [5.41, 5.74) is 7.57. The fourth-order valence-electron chi connectivity index (χ4n) is 7.05. The molecule has 0 aliphatic rings. The number of imidazole rings is 2. The maximum absolute atomic E-state index is 13.4. The van der Waals surface area contributed by atoms with Gasteiger partial charge in [0.25, 0.3) is 0 Å². The normalized spacial score (nSPS) is 14.6. The molecule has 2 unspecified atom stereocenters. The molecule has 2 amide bonds. The molecule has 2 aromatic heterocycles. The van der Waals surface area contributed by atoms with Gasteiger partial charge < -0.3 is 24.8 Å². The van der Waals surface area contributed by atoms with E-state index in [2.05, 4.69) is 31.0 Å². The zero-order valence-electron chi connectivity index (χ0n) is 34.0. The highest BCUT2D eigenvalue weighted by Gasteiger charge is 2.38. The highest BCUT2D eigenvalue weighted by atomic mass is 19.4. The van der Waals surface area contributed by atoms with E-state index in [1.165, 1.54) is 26.6 Å². The first-order valence-electron chi connectivity index (χ1n) is 19.4. The molecule has 18 heteroatoms. The Morgan fingerprint density at radius 3 is 1.67 bits per heavy atom. The fraction of sp³-hybridized carbons (Fsp3) is 0.476. The van der Waals surface area contributed by atoms with E-state index < -0.39 is 85.6 Å². The number of H-pyrrole nitrogens is 2. The second kappa shape index (κ2) is 20.6. The van der Waals surface area contributed by atoms with Crippen LogP contribution in [0.2, 0.25) is 0 Å². The van der Waals surface area contributed by atoms with Gasteiger partial charge in [0, 0.05) is 37.5 Å². The largest absolute Gasteiger partial charge is 0.469 e. The molecule has 6 N–H and O–H groups in total. The summed E-state index contributed by atoms with van der Waals surface area (Å²) in [5, 5.41) is 2.57. The van der Waals surface area contributed by atoms with Crippen LogP contribution in [0.4, 0.5) is 26.3 Å². The minimum atomic E-state index is -4.47. The molecule has 5 atom stereocenters. The summed E-state index contributed by atoms with van der Waals surface area (Å²) in [7, 11) is 2.41. The summed E-state index contributed by atoms with van der Waals surface area (Å²) >= 11 is 0. The van der Waals surface area contributed by atoms with Crippen molar-refractivity contribution in [2.24, 2.45) is 17.8 Å². The Balaban J connectivity index is 1.50. The third-order valence-corrected chi connectivity index (χ3v) is 10.3. The lowest BCUT2D eigenvalue weighted by atomic mass is 9.80. The molecule has 2 aromatic carbocycles. The first kappa shape index (κ1) is 47.2. The monoisotopic (exact) mass is 849 g/mol. The molecule has 0 bridgehead atoms. The van der Waals surface area contributed by atoms with Crippen molar-refractivity contribution in [3.8, 4) is 33.6 Å². The topological polar surface area (TPSA) is 184 Å². The number of aromatic nitrogens is 4. The van der Waals surface area contributed by atoms with Gasteiger partial charge in [0.05, 0.1) is 43.9 Å². The molecule has 0 radical (unpaired) electrons. The molecule has 0 saturated carbocycles. The maximum Gasteiger partial charge on any atom is 0.389 e. The number of hydrogen-bond donors (Lipinski definition) is 4. The van der Waals surface area contributed by atoms with E-state index in [0.717, 1.165) is 11.1 Å². The second-order valence-corrected chi connectivity index (χ2v) is 15.3. The Labute approximate surface area is 343 Å². The van der Waals surface area contributed by atoms with Gasteiger partial charge in [-0.1, -0.05) is 69.3 Å². The van der Waals surface area contributed by atoms with Crippen LogP contribution in [0.1, 0.15) is 89.2 Å². The predicted octanol–water partition coefficient (Wildman–Crippen LogP) is 7.66. The number of aromatic amines is 2. The molecule has 0 aliphatic carbocycles. The van der Waals surface area contributed by atoms with Gasteiger partial charge >= 0.3 is 30.2 Å². The number of quaternary nitrogens is 1. The van der Waals surface area contributed by atoms with E-state index in [9.17, 15) is 45.5 Å². The van der Waals surface area contributed by atoms with E-state index in [1.807, 2.05) is 24.3 Å². The molecule has 4 aromatic rings. The van der Waals surface area contributed by atoms with Gasteiger partial charge in [-0.2, -0.15) is 26.3 Å². The highest BCUT2D eigenvalue weighted by Crippen LogP contribution is 2.37. The number of esters is 2. The van der Waals surface area contributed by atoms with Crippen LogP contribution in [0.3, 0.4) is 0 Å². The number of hydrogen-bond acceptors (Lipinski definition) is 8. The number of halogens is 6. The molecule has 2 heterocycles. The third kappa shape index (κ3) is 13.8. The van der Waals surface area contributed by atoms with Crippen molar-refractivity contribution >= 4 is 23.8 Å². The van der Waals surface area contributed by atoms with Crippen molar-refractivity contribution in [1.29, 1.82) is 0 Å². The molecule has 0 saturated heterocycles. The first-order valence-corrected chi connectivity index (χ1v) is 19.4. The van der Waals surface area contributed by atoms with Gasteiger partial charge in [-0.25, -0.2) is 19.6 Å². The molecule has 60 heavy (non-hydrogen) atoms. The van der Waals surface area contributed by atoms with Crippen molar-refractivity contribution in [1.82, 2.24) is 25.3 Å². The highest BCUT2D eigenvalue weighted by molar-refractivity contribution is 5.85. The number of nitrogens with one attached hydrogen (secondary N) is 3. The van der Waals surface area contributed by atoms with Gasteiger partial charge in [-0.15, -0.1) is 0 Å². The molecular weight excluding hydrogens is 798 g/mol. The van der Waals surface area contributed by atoms with Gasteiger partial charge in [-0.05, 0) is 53.4 Å². The van der Waals surface area contributed by atoms with Crippen LogP contribution in [0.25, 0.3) is 33.6 Å². The van der Waals surface area contributed by atoms with Crippen LogP contribution in [-0.4, -0.2) is 76.3 Å². The van der Waals surface area contributed by atoms with Crippen LogP contribution < -0.4 is 11.1 Å². The summed E-state index contributed by atoms with van der Waals surface area (Å²) < 4.78 is 89.4. The third-order valence-electron chi connectivity index (χ3n) is 10.3. The van der Waals surface area contributed by atoms with Crippen LogP contribution in [0.5, 0.6) is 0 Å². The molecule has 4 rings (SSSR count). The number of carbonyl (C=O) groups is 4. The number of methoxy groups -OCH3 is 2. The minimum absolute atomic E-state index is 0.00812. The predicted molar refractivity (Wildman–Crippen MR) is 208 cm³/mol.